The maximum Gasteiger partial charge on any atom is 2.00 e. The summed E-state index contributed by atoms with van der Waals surface area (Å²) in [6.45, 7) is 0. The fourth-order valence-electron chi connectivity index (χ4n) is 3.80. The Morgan fingerprint density at radius 1 is 0.537 bits per heavy atom. The fourth-order valence-corrected chi connectivity index (χ4v) is 4.83. The Hall–Kier alpha value is -4.06. The normalized spacial score (nSPS) is 11.4. The number of hydrogen-bond donors (Lipinski definition) is 0. The molecule has 6 rings (SSSR count). The molecule has 0 amide bonds. The molecule has 6 aromatic rings. The molecule has 0 aliphatic carbocycles. The summed E-state index contributed by atoms with van der Waals surface area (Å²) in [4.78, 5) is 8.70. The summed E-state index contributed by atoms with van der Waals surface area (Å²) in [5.41, 5.74) is 4.48. The monoisotopic (exact) mass is 638 g/mol. The number of aromatic nitrogens is 2. The van der Waals surface area contributed by atoms with Crippen molar-refractivity contribution in [3.63, 3.8) is 0 Å². The van der Waals surface area contributed by atoms with E-state index >= 15 is 0 Å². The van der Waals surface area contributed by atoms with E-state index in [9.17, 15) is 16.8 Å². The zero-order valence-electron chi connectivity index (χ0n) is 22.0. The SMILES string of the molecule is CS(=O)(=O)[N-]c1ccccc1-c1nc2ccccc2o1.CS(=O)(=O)[N-]c1ccccc1-c1nc2ccccc2o1.[Zn+2]. The van der Waals surface area contributed by atoms with Crippen molar-refractivity contribution in [2.75, 3.05) is 12.5 Å². The van der Waals surface area contributed by atoms with E-state index in [0.29, 0.717) is 45.4 Å². The quantitative estimate of drug-likeness (QED) is 0.178. The second-order valence-corrected chi connectivity index (χ2v) is 12.0. The summed E-state index contributed by atoms with van der Waals surface area (Å²) in [6.07, 6.45) is 2.10. The Kier molecular flexibility index (Phi) is 8.91. The van der Waals surface area contributed by atoms with Crippen molar-refractivity contribution in [1.29, 1.82) is 0 Å². The molecule has 0 saturated carbocycles. The molecule has 204 valence electrons. The zero-order chi connectivity index (χ0) is 28.3. The zero-order valence-corrected chi connectivity index (χ0v) is 26.6. The first kappa shape index (κ1) is 29.9. The van der Waals surface area contributed by atoms with Crippen LogP contribution in [-0.2, 0) is 39.5 Å². The van der Waals surface area contributed by atoms with Crippen LogP contribution in [0.15, 0.2) is 106 Å². The molecule has 0 bridgehead atoms. The maximum atomic E-state index is 11.3. The molecule has 0 radical (unpaired) electrons. The predicted octanol–water partition coefficient (Wildman–Crippen LogP) is 6.92. The predicted molar refractivity (Wildman–Crippen MR) is 155 cm³/mol. The molecule has 0 fully saturated rings. The van der Waals surface area contributed by atoms with Gasteiger partial charge in [-0.05, 0) is 24.3 Å². The molecule has 0 N–H and O–H groups in total. The Morgan fingerprint density at radius 3 is 1.24 bits per heavy atom. The minimum absolute atomic E-state index is 0. The average molecular weight is 640 g/mol. The van der Waals surface area contributed by atoms with E-state index in [0.717, 1.165) is 23.5 Å². The molecule has 0 spiro atoms. The van der Waals surface area contributed by atoms with Crippen LogP contribution in [0.5, 0.6) is 0 Å². The fraction of sp³-hybridized carbons (Fsp3) is 0.0714. The molecule has 2 heterocycles. The number of oxazole rings is 2. The summed E-state index contributed by atoms with van der Waals surface area (Å²) >= 11 is 0. The number of rotatable bonds is 6. The summed E-state index contributed by atoms with van der Waals surface area (Å²) < 4.78 is 64.1. The molecule has 0 atom stereocenters. The van der Waals surface area contributed by atoms with E-state index in [1.807, 2.05) is 48.5 Å². The van der Waals surface area contributed by atoms with E-state index in [1.54, 1.807) is 48.5 Å². The second-order valence-electron chi connectivity index (χ2n) is 8.66. The smallest absolute Gasteiger partial charge is 0.576 e. The Morgan fingerprint density at radius 2 is 0.878 bits per heavy atom. The van der Waals surface area contributed by atoms with Crippen LogP contribution < -0.4 is 0 Å². The van der Waals surface area contributed by atoms with E-state index in [4.69, 9.17) is 8.83 Å². The molecule has 0 aliphatic rings. The molecule has 0 unspecified atom stereocenters. The van der Waals surface area contributed by atoms with Crippen LogP contribution >= 0.6 is 0 Å². The molecule has 2 aromatic heterocycles. The second kappa shape index (κ2) is 12.2. The van der Waals surface area contributed by atoms with Gasteiger partial charge in [0.2, 0.25) is 11.8 Å². The van der Waals surface area contributed by atoms with Crippen molar-refractivity contribution in [1.82, 2.24) is 9.97 Å². The summed E-state index contributed by atoms with van der Waals surface area (Å²) in [7, 11) is -6.96. The molecule has 13 heteroatoms. The number of hydrogen-bond acceptors (Lipinski definition) is 8. The summed E-state index contributed by atoms with van der Waals surface area (Å²) in [5.74, 6) is 0.711. The van der Waals surface area contributed by atoms with Gasteiger partial charge in [-0.1, -0.05) is 72.8 Å². The number of fused-ring (bicyclic) bond motifs is 2. The van der Waals surface area contributed by atoms with Gasteiger partial charge in [-0.25, -0.2) is 26.8 Å². The number of benzene rings is 4. The Labute approximate surface area is 249 Å². The van der Waals surface area contributed by atoms with Crippen molar-refractivity contribution in [3.8, 4) is 22.9 Å². The Bertz CT molecular complexity index is 1830. The Balaban J connectivity index is 0.000000184. The van der Waals surface area contributed by atoms with Crippen molar-refractivity contribution >= 4 is 53.6 Å². The van der Waals surface area contributed by atoms with Crippen molar-refractivity contribution < 1.29 is 45.1 Å². The van der Waals surface area contributed by atoms with Crippen molar-refractivity contribution in [2.24, 2.45) is 0 Å². The van der Waals surface area contributed by atoms with Gasteiger partial charge in [0.25, 0.3) is 0 Å². The van der Waals surface area contributed by atoms with Gasteiger partial charge in [-0.2, -0.15) is 0 Å². The topological polar surface area (TPSA) is 149 Å². The first-order valence-electron chi connectivity index (χ1n) is 11.8. The standard InChI is InChI=1S/2C14H11N2O3S.Zn/c2*1-20(17,18)16-11-7-3-2-6-10(11)14-15-12-8-4-5-9-13(12)19-14;/h2*2-9H,1H3;/q2*-1;+2. The third-order valence-electron chi connectivity index (χ3n) is 5.39. The van der Waals surface area contributed by atoms with E-state index < -0.39 is 20.0 Å². The van der Waals surface area contributed by atoms with Gasteiger partial charge in [0.1, 0.15) is 11.0 Å². The molecular formula is C28H22N4O6S2Zn. The van der Waals surface area contributed by atoms with E-state index in [2.05, 4.69) is 19.4 Å². The van der Waals surface area contributed by atoms with Gasteiger partial charge in [0, 0.05) is 23.6 Å². The largest absolute Gasteiger partial charge is 2.00 e. The summed E-state index contributed by atoms with van der Waals surface area (Å²) in [6, 6.07) is 28.4. The van der Waals surface area contributed by atoms with Gasteiger partial charge in [0.05, 0.1) is 20.0 Å². The molecule has 10 nitrogen and oxygen atoms in total. The molecular weight excluding hydrogens is 618 g/mol. The van der Waals surface area contributed by atoms with Gasteiger partial charge in [-0.15, -0.1) is 11.4 Å². The molecule has 4 aromatic carbocycles. The van der Waals surface area contributed by atoms with Crippen LogP contribution in [-0.4, -0.2) is 39.3 Å². The van der Waals surface area contributed by atoms with Crippen molar-refractivity contribution in [3.05, 3.63) is 107 Å². The van der Waals surface area contributed by atoms with Crippen LogP contribution in [0, 0.1) is 0 Å². The first-order valence-corrected chi connectivity index (χ1v) is 15.5. The number of sulfonamides is 2. The third kappa shape index (κ3) is 7.57. The number of para-hydroxylation sites is 4. The maximum absolute atomic E-state index is 11.3. The molecule has 41 heavy (non-hydrogen) atoms. The van der Waals surface area contributed by atoms with Crippen LogP contribution in [0.2, 0.25) is 0 Å². The van der Waals surface area contributed by atoms with Gasteiger partial charge in [0.15, 0.2) is 11.2 Å². The van der Waals surface area contributed by atoms with Crippen LogP contribution in [0.1, 0.15) is 0 Å². The van der Waals surface area contributed by atoms with Gasteiger partial charge >= 0.3 is 19.5 Å². The molecule has 0 saturated heterocycles. The van der Waals surface area contributed by atoms with E-state index in [1.165, 1.54) is 0 Å². The third-order valence-corrected chi connectivity index (χ3v) is 6.44. The average Bonchev–Trinajstić information content (AvgIpc) is 3.52. The minimum Gasteiger partial charge on any atom is -0.576 e. The molecule has 0 aliphatic heterocycles. The van der Waals surface area contributed by atoms with E-state index in [-0.39, 0.29) is 19.5 Å². The van der Waals surface area contributed by atoms with Crippen LogP contribution in [0.3, 0.4) is 0 Å². The van der Waals surface area contributed by atoms with Crippen LogP contribution in [0.4, 0.5) is 11.4 Å². The van der Waals surface area contributed by atoms with Crippen LogP contribution in [0.25, 0.3) is 54.6 Å². The number of nitrogens with zero attached hydrogens (tertiary/aromatic N) is 4. The van der Waals surface area contributed by atoms with Crippen molar-refractivity contribution in [2.45, 2.75) is 0 Å². The summed E-state index contributed by atoms with van der Waals surface area (Å²) in [5, 5.41) is 0. The first-order chi connectivity index (χ1) is 19.1. The minimum atomic E-state index is -3.48. The van der Waals surface area contributed by atoms with Gasteiger partial charge < -0.3 is 18.3 Å². The van der Waals surface area contributed by atoms with Gasteiger partial charge in [-0.3, -0.25) is 0 Å².